The number of hydrogen-bond acceptors (Lipinski definition) is 3. The Hall–Kier alpha value is -0.220. The van der Waals surface area contributed by atoms with Gasteiger partial charge in [0.2, 0.25) is 5.91 Å². The van der Waals surface area contributed by atoms with E-state index in [2.05, 4.69) is 23.8 Å². The van der Waals surface area contributed by atoms with Gasteiger partial charge in [-0.3, -0.25) is 4.79 Å². The SMILES string of the molecule is CS[C@H](C)CNC(=O)[C@@H]1CCCN1. The maximum atomic E-state index is 11.5. The number of carbonyl (C=O) groups excluding carboxylic acids is 1. The molecule has 0 saturated carbocycles. The molecule has 0 unspecified atom stereocenters. The molecule has 4 heteroatoms. The second kappa shape index (κ2) is 5.50. The Labute approximate surface area is 84.0 Å². The minimum absolute atomic E-state index is 0.0639. The van der Waals surface area contributed by atoms with E-state index in [9.17, 15) is 4.79 Å². The third-order valence-corrected chi connectivity index (χ3v) is 3.31. The van der Waals surface area contributed by atoms with Gasteiger partial charge in [0.25, 0.3) is 0 Å². The molecule has 1 heterocycles. The van der Waals surface area contributed by atoms with Crippen molar-refractivity contribution in [2.75, 3.05) is 19.3 Å². The van der Waals surface area contributed by atoms with Crippen molar-refractivity contribution in [1.29, 1.82) is 0 Å². The lowest BCUT2D eigenvalue weighted by Crippen LogP contribution is -2.42. The highest BCUT2D eigenvalue weighted by Gasteiger charge is 2.21. The number of rotatable bonds is 4. The van der Waals surface area contributed by atoms with Crippen molar-refractivity contribution in [2.45, 2.75) is 31.1 Å². The third kappa shape index (κ3) is 3.56. The van der Waals surface area contributed by atoms with Crippen LogP contribution in [0.15, 0.2) is 0 Å². The molecule has 3 nitrogen and oxygen atoms in total. The highest BCUT2D eigenvalue weighted by molar-refractivity contribution is 7.99. The summed E-state index contributed by atoms with van der Waals surface area (Å²) in [6.07, 6.45) is 4.17. The molecule has 0 radical (unpaired) electrons. The van der Waals surface area contributed by atoms with Crippen LogP contribution in [0.1, 0.15) is 19.8 Å². The molecule has 13 heavy (non-hydrogen) atoms. The minimum atomic E-state index is 0.0639. The molecule has 0 spiro atoms. The molecule has 76 valence electrons. The molecular formula is C9H18N2OS. The largest absolute Gasteiger partial charge is 0.354 e. The molecule has 2 N–H and O–H groups in total. The smallest absolute Gasteiger partial charge is 0.237 e. The van der Waals surface area contributed by atoms with E-state index in [1.165, 1.54) is 0 Å². The number of thioether (sulfide) groups is 1. The van der Waals surface area contributed by atoms with Crippen molar-refractivity contribution >= 4 is 17.7 Å². The first-order valence-electron chi connectivity index (χ1n) is 4.78. The van der Waals surface area contributed by atoms with Gasteiger partial charge in [0, 0.05) is 11.8 Å². The van der Waals surface area contributed by atoms with E-state index in [1.807, 2.05) is 0 Å². The van der Waals surface area contributed by atoms with Gasteiger partial charge in [0.05, 0.1) is 6.04 Å². The van der Waals surface area contributed by atoms with Crippen LogP contribution in [0.4, 0.5) is 0 Å². The van der Waals surface area contributed by atoms with Crippen LogP contribution in [0.2, 0.25) is 0 Å². The molecule has 1 saturated heterocycles. The van der Waals surface area contributed by atoms with E-state index in [-0.39, 0.29) is 11.9 Å². The summed E-state index contributed by atoms with van der Waals surface area (Å²) in [5.74, 6) is 0.165. The van der Waals surface area contributed by atoms with Crippen molar-refractivity contribution < 1.29 is 4.79 Å². The molecule has 2 atom stereocenters. The number of nitrogens with one attached hydrogen (secondary N) is 2. The number of amides is 1. The Morgan fingerprint density at radius 1 is 1.77 bits per heavy atom. The van der Waals surface area contributed by atoms with Crippen LogP contribution in [0.25, 0.3) is 0 Å². The molecule has 0 aromatic carbocycles. The van der Waals surface area contributed by atoms with E-state index < -0.39 is 0 Å². The summed E-state index contributed by atoms with van der Waals surface area (Å²) in [4.78, 5) is 11.5. The maximum absolute atomic E-state index is 11.5. The summed E-state index contributed by atoms with van der Waals surface area (Å²) < 4.78 is 0. The van der Waals surface area contributed by atoms with E-state index >= 15 is 0 Å². The van der Waals surface area contributed by atoms with Crippen LogP contribution in [-0.4, -0.2) is 36.5 Å². The minimum Gasteiger partial charge on any atom is -0.354 e. The standard InChI is InChI=1S/C9H18N2OS/c1-7(13-2)6-11-9(12)8-4-3-5-10-8/h7-8,10H,3-6H2,1-2H3,(H,11,12)/t7-,8+/m1/s1. The Balaban J connectivity index is 2.16. The van der Waals surface area contributed by atoms with Crippen molar-refractivity contribution in [3.05, 3.63) is 0 Å². The first-order valence-corrected chi connectivity index (χ1v) is 6.06. The fourth-order valence-electron chi connectivity index (χ4n) is 1.36. The normalized spacial score (nSPS) is 24.3. The van der Waals surface area contributed by atoms with Gasteiger partial charge in [0.15, 0.2) is 0 Å². The highest BCUT2D eigenvalue weighted by Crippen LogP contribution is 2.06. The van der Waals surface area contributed by atoms with Crippen LogP contribution < -0.4 is 10.6 Å². The molecule has 0 aliphatic carbocycles. The van der Waals surface area contributed by atoms with Gasteiger partial charge in [-0.2, -0.15) is 11.8 Å². The lowest BCUT2D eigenvalue weighted by atomic mass is 10.2. The highest BCUT2D eigenvalue weighted by atomic mass is 32.2. The summed E-state index contributed by atoms with van der Waals surface area (Å²) in [6, 6.07) is 0.0639. The first-order chi connectivity index (χ1) is 6.24. The van der Waals surface area contributed by atoms with Gasteiger partial charge in [-0.1, -0.05) is 6.92 Å². The number of carbonyl (C=O) groups is 1. The Morgan fingerprint density at radius 3 is 3.08 bits per heavy atom. The quantitative estimate of drug-likeness (QED) is 0.701. The second-order valence-electron chi connectivity index (χ2n) is 3.44. The van der Waals surface area contributed by atoms with Gasteiger partial charge >= 0.3 is 0 Å². The monoisotopic (exact) mass is 202 g/mol. The van der Waals surface area contributed by atoms with Crippen molar-refractivity contribution in [1.82, 2.24) is 10.6 Å². The van der Waals surface area contributed by atoms with E-state index in [4.69, 9.17) is 0 Å². The molecule has 1 amide bonds. The summed E-state index contributed by atoms with van der Waals surface area (Å²) >= 11 is 1.77. The molecule has 1 rings (SSSR count). The average Bonchev–Trinajstić information content (AvgIpc) is 2.66. The summed E-state index contributed by atoms with van der Waals surface area (Å²) in [5.41, 5.74) is 0. The molecule has 1 fully saturated rings. The molecule has 0 aromatic heterocycles. The Kier molecular flexibility index (Phi) is 4.59. The van der Waals surface area contributed by atoms with Crippen LogP contribution in [-0.2, 0) is 4.79 Å². The summed E-state index contributed by atoms with van der Waals surface area (Å²) in [5, 5.41) is 6.64. The predicted molar refractivity (Wildman–Crippen MR) is 57.0 cm³/mol. The van der Waals surface area contributed by atoms with Crippen LogP contribution in [0.3, 0.4) is 0 Å². The topological polar surface area (TPSA) is 41.1 Å². The van der Waals surface area contributed by atoms with E-state index in [0.717, 1.165) is 25.9 Å². The fourth-order valence-corrected chi connectivity index (χ4v) is 1.61. The van der Waals surface area contributed by atoms with E-state index in [1.54, 1.807) is 11.8 Å². The zero-order valence-electron chi connectivity index (χ0n) is 8.30. The summed E-state index contributed by atoms with van der Waals surface area (Å²) in [7, 11) is 0. The maximum Gasteiger partial charge on any atom is 0.237 e. The predicted octanol–water partition coefficient (Wildman–Crippen LogP) is 0.606. The van der Waals surface area contributed by atoms with Gasteiger partial charge in [-0.05, 0) is 25.6 Å². The molecule has 1 aliphatic heterocycles. The molecule has 1 aliphatic rings. The van der Waals surface area contributed by atoms with E-state index in [0.29, 0.717) is 5.25 Å². The summed E-state index contributed by atoms with van der Waals surface area (Å²) in [6.45, 7) is 3.88. The van der Waals surface area contributed by atoms with Crippen molar-refractivity contribution in [3.63, 3.8) is 0 Å². The second-order valence-corrected chi connectivity index (χ2v) is 4.72. The van der Waals surface area contributed by atoms with Gasteiger partial charge < -0.3 is 10.6 Å². The zero-order valence-corrected chi connectivity index (χ0v) is 9.12. The van der Waals surface area contributed by atoms with Gasteiger partial charge in [0.1, 0.15) is 0 Å². The average molecular weight is 202 g/mol. The first kappa shape index (κ1) is 10.9. The van der Waals surface area contributed by atoms with Gasteiger partial charge in [-0.25, -0.2) is 0 Å². The Morgan fingerprint density at radius 2 is 2.54 bits per heavy atom. The third-order valence-electron chi connectivity index (χ3n) is 2.34. The number of hydrogen-bond donors (Lipinski definition) is 2. The van der Waals surface area contributed by atoms with Crippen LogP contribution >= 0.6 is 11.8 Å². The van der Waals surface area contributed by atoms with Gasteiger partial charge in [-0.15, -0.1) is 0 Å². The van der Waals surface area contributed by atoms with Crippen molar-refractivity contribution in [2.24, 2.45) is 0 Å². The van der Waals surface area contributed by atoms with Crippen LogP contribution in [0, 0.1) is 0 Å². The van der Waals surface area contributed by atoms with Crippen molar-refractivity contribution in [3.8, 4) is 0 Å². The molecule has 0 bridgehead atoms. The fraction of sp³-hybridized carbons (Fsp3) is 0.889. The zero-order chi connectivity index (χ0) is 9.68. The van der Waals surface area contributed by atoms with Crippen LogP contribution in [0.5, 0.6) is 0 Å². The lowest BCUT2D eigenvalue weighted by Gasteiger charge is -2.13. The lowest BCUT2D eigenvalue weighted by molar-refractivity contribution is -0.122. The Bertz CT molecular complexity index is 169. The molecular weight excluding hydrogens is 184 g/mol. The molecule has 0 aromatic rings.